The number of rotatable bonds is 7. The van der Waals surface area contributed by atoms with E-state index < -0.39 is 0 Å². The van der Waals surface area contributed by atoms with Crippen LogP contribution in [0, 0.1) is 11.8 Å². The summed E-state index contributed by atoms with van der Waals surface area (Å²) >= 11 is 0. The van der Waals surface area contributed by atoms with Crippen molar-refractivity contribution in [2.24, 2.45) is 11.8 Å². The van der Waals surface area contributed by atoms with Gasteiger partial charge >= 0.3 is 0 Å². The summed E-state index contributed by atoms with van der Waals surface area (Å²) in [4.78, 5) is 0. The molecule has 2 rings (SSSR count). The van der Waals surface area contributed by atoms with Crippen molar-refractivity contribution in [2.45, 2.75) is 89.9 Å². The molecule has 2 aliphatic rings. The van der Waals surface area contributed by atoms with Crippen LogP contribution in [-0.4, -0.2) is 36.5 Å². The summed E-state index contributed by atoms with van der Waals surface area (Å²) in [7, 11) is 0. The number of aliphatic hydroxyl groups is 1. The zero-order valence-corrected chi connectivity index (χ0v) is 14.0. The summed E-state index contributed by atoms with van der Waals surface area (Å²) < 4.78 is 5.91. The molecule has 0 aliphatic heterocycles. The average Bonchev–Trinajstić information content (AvgIpc) is 2.51. The third-order valence-corrected chi connectivity index (χ3v) is 5.41. The molecule has 3 nitrogen and oxygen atoms in total. The van der Waals surface area contributed by atoms with Crippen molar-refractivity contribution in [3.63, 3.8) is 0 Å². The molecule has 5 atom stereocenters. The van der Waals surface area contributed by atoms with Gasteiger partial charge in [0.1, 0.15) is 0 Å². The van der Waals surface area contributed by atoms with E-state index in [1.54, 1.807) is 0 Å². The van der Waals surface area contributed by atoms with E-state index in [0.717, 1.165) is 11.8 Å². The van der Waals surface area contributed by atoms with Gasteiger partial charge in [-0.25, -0.2) is 0 Å². The van der Waals surface area contributed by atoms with Gasteiger partial charge in [-0.05, 0) is 37.5 Å². The molecule has 2 N–H and O–H groups in total. The van der Waals surface area contributed by atoms with E-state index in [2.05, 4.69) is 19.2 Å². The molecule has 2 fully saturated rings. The first kappa shape index (κ1) is 17.2. The first-order valence-electron chi connectivity index (χ1n) is 9.20. The van der Waals surface area contributed by atoms with Crippen molar-refractivity contribution >= 4 is 0 Å². The van der Waals surface area contributed by atoms with Crippen molar-refractivity contribution in [1.82, 2.24) is 5.32 Å². The Bertz CT molecular complexity index is 284. The molecule has 0 amide bonds. The molecule has 2 saturated carbocycles. The van der Waals surface area contributed by atoms with Gasteiger partial charge in [0.15, 0.2) is 0 Å². The number of hydrogen-bond acceptors (Lipinski definition) is 3. The molecule has 0 radical (unpaired) electrons. The van der Waals surface area contributed by atoms with Crippen LogP contribution in [0.3, 0.4) is 0 Å². The molecule has 0 aromatic heterocycles. The van der Waals surface area contributed by atoms with Gasteiger partial charge in [-0.3, -0.25) is 0 Å². The Labute approximate surface area is 130 Å². The van der Waals surface area contributed by atoms with Crippen molar-refractivity contribution in [1.29, 1.82) is 0 Å². The number of hydrogen-bond donors (Lipinski definition) is 2. The maximum atomic E-state index is 10.1. The van der Waals surface area contributed by atoms with Gasteiger partial charge in [0.25, 0.3) is 0 Å². The fourth-order valence-corrected chi connectivity index (χ4v) is 3.99. The van der Waals surface area contributed by atoms with Crippen LogP contribution in [0.25, 0.3) is 0 Å². The van der Waals surface area contributed by atoms with Crippen LogP contribution in [0.4, 0.5) is 0 Å². The second-order valence-electron chi connectivity index (χ2n) is 7.43. The highest BCUT2D eigenvalue weighted by molar-refractivity contribution is 4.78. The molecule has 0 saturated heterocycles. The number of ether oxygens (including phenoxy) is 1. The molecule has 124 valence electrons. The summed E-state index contributed by atoms with van der Waals surface area (Å²) in [5.41, 5.74) is 0. The van der Waals surface area contributed by atoms with Gasteiger partial charge < -0.3 is 15.2 Å². The van der Waals surface area contributed by atoms with Crippen LogP contribution in [0.15, 0.2) is 0 Å². The lowest BCUT2D eigenvalue weighted by Crippen LogP contribution is -2.40. The molecule has 0 aromatic rings. The van der Waals surface area contributed by atoms with E-state index in [1.165, 1.54) is 57.8 Å². The van der Waals surface area contributed by atoms with Gasteiger partial charge in [-0.15, -0.1) is 0 Å². The molecule has 21 heavy (non-hydrogen) atoms. The average molecular weight is 297 g/mol. The Morgan fingerprint density at radius 2 is 1.95 bits per heavy atom. The van der Waals surface area contributed by atoms with Crippen LogP contribution in [-0.2, 0) is 4.74 Å². The second kappa shape index (κ2) is 9.12. The Hall–Kier alpha value is -0.120. The molecule has 0 heterocycles. The molecule has 0 aromatic carbocycles. The van der Waals surface area contributed by atoms with E-state index >= 15 is 0 Å². The lowest BCUT2D eigenvalue weighted by Gasteiger charge is -2.30. The maximum absolute atomic E-state index is 10.1. The monoisotopic (exact) mass is 297 g/mol. The van der Waals surface area contributed by atoms with Crippen molar-refractivity contribution in [2.75, 3.05) is 13.2 Å². The largest absolute Gasteiger partial charge is 0.389 e. The summed E-state index contributed by atoms with van der Waals surface area (Å²) in [6, 6.07) is 0.605. The van der Waals surface area contributed by atoms with E-state index in [-0.39, 0.29) is 6.10 Å². The summed E-state index contributed by atoms with van der Waals surface area (Å²) in [6.07, 6.45) is 11.5. The summed E-state index contributed by atoms with van der Waals surface area (Å²) in [6.45, 7) is 5.78. The van der Waals surface area contributed by atoms with Crippen LogP contribution >= 0.6 is 0 Å². The Morgan fingerprint density at radius 1 is 1.14 bits per heavy atom. The maximum Gasteiger partial charge on any atom is 0.0897 e. The zero-order chi connectivity index (χ0) is 15.1. The highest BCUT2D eigenvalue weighted by atomic mass is 16.5. The topological polar surface area (TPSA) is 41.5 Å². The normalized spacial score (nSPS) is 35.6. The SMILES string of the molecule is CCC1CCCC(NCC(O)COC2CCCC(C)C2)C1. The molecular formula is C18H35NO2. The van der Waals surface area contributed by atoms with E-state index in [0.29, 0.717) is 25.3 Å². The second-order valence-corrected chi connectivity index (χ2v) is 7.43. The minimum absolute atomic E-state index is 0.357. The first-order valence-corrected chi connectivity index (χ1v) is 9.20. The van der Waals surface area contributed by atoms with Gasteiger partial charge in [-0.2, -0.15) is 0 Å². The van der Waals surface area contributed by atoms with Crippen molar-refractivity contribution in [3.05, 3.63) is 0 Å². The highest BCUT2D eigenvalue weighted by Crippen LogP contribution is 2.27. The zero-order valence-electron chi connectivity index (χ0n) is 14.0. The number of aliphatic hydroxyl groups excluding tert-OH is 1. The molecule has 0 bridgehead atoms. The molecule has 2 aliphatic carbocycles. The molecule has 3 heteroatoms. The quantitative estimate of drug-likeness (QED) is 0.755. The van der Waals surface area contributed by atoms with E-state index in [4.69, 9.17) is 4.74 Å². The minimum Gasteiger partial charge on any atom is -0.389 e. The Kier molecular flexibility index (Phi) is 7.48. The van der Waals surface area contributed by atoms with E-state index in [9.17, 15) is 5.11 Å². The van der Waals surface area contributed by atoms with Crippen LogP contribution < -0.4 is 5.32 Å². The summed E-state index contributed by atoms with van der Waals surface area (Å²) in [5.74, 6) is 1.67. The van der Waals surface area contributed by atoms with Crippen molar-refractivity contribution < 1.29 is 9.84 Å². The highest BCUT2D eigenvalue weighted by Gasteiger charge is 2.22. The first-order chi connectivity index (χ1) is 10.2. The molecule has 5 unspecified atom stereocenters. The Morgan fingerprint density at radius 3 is 2.71 bits per heavy atom. The third kappa shape index (κ3) is 6.25. The number of nitrogens with one attached hydrogen (secondary N) is 1. The molecular weight excluding hydrogens is 262 g/mol. The van der Waals surface area contributed by atoms with Gasteiger partial charge in [-0.1, -0.05) is 46.0 Å². The lowest BCUT2D eigenvalue weighted by atomic mass is 9.84. The third-order valence-electron chi connectivity index (χ3n) is 5.41. The van der Waals surface area contributed by atoms with Gasteiger partial charge in [0.05, 0.1) is 18.8 Å². The van der Waals surface area contributed by atoms with Gasteiger partial charge in [0.2, 0.25) is 0 Å². The van der Waals surface area contributed by atoms with Crippen LogP contribution in [0.5, 0.6) is 0 Å². The fourth-order valence-electron chi connectivity index (χ4n) is 3.99. The lowest BCUT2D eigenvalue weighted by molar-refractivity contribution is -0.0315. The smallest absolute Gasteiger partial charge is 0.0897 e. The minimum atomic E-state index is -0.357. The standard InChI is InChI=1S/C18H35NO2/c1-3-15-7-5-8-16(11-15)19-12-17(20)13-21-18-9-4-6-14(2)10-18/h14-20H,3-13H2,1-2H3. The van der Waals surface area contributed by atoms with Crippen LogP contribution in [0.1, 0.15) is 71.6 Å². The van der Waals surface area contributed by atoms with E-state index in [1.807, 2.05) is 0 Å². The predicted molar refractivity (Wildman–Crippen MR) is 87.4 cm³/mol. The molecule has 0 spiro atoms. The van der Waals surface area contributed by atoms with Crippen LogP contribution in [0.2, 0.25) is 0 Å². The van der Waals surface area contributed by atoms with Crippen molar-refractivity contribution in [3.8, 4) is 0 Å². The van der Waals surface area contributed by atoms with Gasteiger partial charge in [0, 0.05) is 12.6 Å². The fraction of sp³-hybridized carbons (Fsp3) is 1.00. The Balaban J connectivity index is 1.57. The predicted octanol–water partition coefficient (Wildman–Crippen LogP) is 3.50. The summed E-state index contributed by atoms with van der Waals surface area (Å²) in [5, 5.41) is 13.7.